The van der Waals surface area contributed by atoms with Gasteiger partial charge in [-0.3, -0.25) is 0 Å². The summed E-state index contributed by atoms with van der Waals surface area (Å²) in [6.07, 6.45) is 0. The Labute approximate surface area is 137 Å². The van der Waals surface area contributed by atoms with Crippen molar-refractivity contribution in [3.8, 4) is 0 Å². The summed E-state index contributed by atoms with van der Waals surface area (Å²) in [5, 5.41) is 34.9. The third-order valence-corrected chi connectivity index (χ3v) is 3.64. The Bertz CT molecular complexity index is 384. The van der Waals surface area contributed by atoms with Crippen molar-refractivity contribution in [1.82, 2.24) is 9.80 Å². The zero-order valence-electron chi connectivity index (χ0n) is 11.4. The molecule has 0 heterocycles. The second-order valence-electron chi connectivity index (χ2n) is 4.50. The van der Waals surface area contributed by atoms with Crippen molar-refractivity contribution in [1.29, 1.82) is 0 Å². The van der Waals surface area contributed by atoms with E-state index in [4.69, 9.17) is 20.4 Å². The molecule has 4 N–H and O–H groups in total. The molecular weight excluding hydrogens is 299 g/mol. The number of aliphatic carboxylic acids is 4. The molecule has 1 atom stereocenters. The predicted molar refractivity (Wildman–Crippen MR) is 68.1 cm³/mol. The third kappa shape index (κ3) is 10.2. The minimum atomic E-state index is -1.21. The fraction of sp³-hybridized carbons (Fsp3) is 0.600. The summed E-state index contributed by atoms with van der Waals surface area (Å²) >= 11 is 0.354. The van der Waals surface area contributed by atoms with Gasteiger partial charge in [0, 0.05) is 0 Å². The van der Waals surface area contributed by atoms with Crippen molar-refractivity contribution >= 4 is 51.8 Å². The van der Waals surface area contributed by atoms with E-state index in [2.05, 4.69) is 0 Å². The number of hydrogen-bond donors (Lipinski definition) is 4. The molecule has 0 aliphatic carbocycles. The topological polar surface area (TPSA) is 156 Å². The molecule has 0 saturated heterocycles. The molecule has 10 nitrogen and oxygen atoms in total. The van der Waals surface area contributed by atoms with Crippen LogP contribution in [0.25, 0.3) is 0 Å². The van der Waals surface area contributed by atoms with Crippen LogP contribution < -0.4 is 0 Å². The molecule has 0 bridgehead atoms. The standard InChI is InChI=1S/C10H15N2O8.Na/c13-7(14)3-11(4-8(15)16)1-2-12(5-9(17)18)6-10(19)20;/h1H,2-6H2,(H,13,14)(H,15,16)(H,17,18)(H,19,20);. The maximum absolute atomic E-state index is 10.7. The van der Waals surface area contributed by atoms with Crippen LogP contribution in [0.5, 0.6) is 0 Å². The van der Waals surface area contributed by atoms with E-state index in [0.29, 0.717) is 27.9 Å². The molecule has 0 aromatic carbocycles. The molecule has 11 heteroatoms. The quantitative estimate of drug-likeness (QED) is 0.299. The van der Waals surface area contributed by atoms with Gasteiger partial charge in [0.25, 0.3) is 0 Å². The number of carboxylic acid groups (broad SMARTS) is 4. The molecule has 0 aromatic heterocycles. The zero-order valence-corrected chi connectivity index (χ0v) is 13.4. The van der Waals surface area contributed by atoms with Crippen LogP contribution in [0.1, 0.15) is 0 Å². The number of carbonyl (C=O) groups is 4. The predicted octanol–water partition coefficient (Wildman–Crippen LogP) is -2.58. The van der Waals surface area contributed by atoms with E-state index in [1.807, 2.05) is 0 Å². The van der Waals surface area contributed by atoms with Gasteiger partial charge in [0.1, 0.15) is 0 Å². The SMILES string of the molecule is O=C(O)CN(CC(=O)O)C[CH]([Na])N(CC(=O)O)CC(=O)O. The van der Waals surface area contributed by atoms with Crippen LogP contribution in [0.15, 0.2) is 0 Å². The molecule has 0 aliphatic rings. The average Bonchev–Trinajstić information content (AvgIpc) is 2.24. The van der Waals surface area contributed by atoms with Gasteiger partial charge in [-0.05, 0) is 0 Å². The Hall–Kier alpha value is -1.20. The molecule has 0 aromatic rings. The summed E-state index contributed by atoms with van der Waals surface area (Å²) in [6, 6.07) is 0. The zero-order chi connectivity index (χ0) is 16.6. The molecule has 0 rings (SSSR count). The number of hydrogen-bond acceptors (Lipinski definition) is 6. The van der Waals surface area contributed by atoms with Gasteiger partial charge in [-0.2, -0.15) is 0 Å². The Balaban J connectivity index is 4.81. The van der Waals surface area contributed by atoms with E-state index in [1.54, 1.807) is 0 Å². The molecule has 1 unspecified atom stereocenters. The van der Waals surface area contributed by atoms with Crippen molar-refractivity contribution in [2.45, 2.75) is 3.29 Å². The van der Waals surface area contributed by atoms with Crippen LogP contribution in [-0.2, 0) is 19.2 Å². The van der Waals surface area contributed by atoms with E-state index in [0.717, 1.165) is 4.90 Å². The van der Waals surface area contributed by atoms with Crippen LogP contribution in [0.4, 0.5) is 0 Å². The Kier molecular flexibility index (Phi) is 9.13. The fourth-order valence-corrected chi connectivity index (χ4v) is 2.65. The monoisotopic (exact) mass is 314 g/mol. The average molecular weight is 314 g/mol. The summed E-state index contributed by atoms with van der Waals surface area (Å²) < 4.78 is -0.504. The summed E-state index contributed by atoms with van der Waals surface area (Å²) in [7, 11) is 0. The fourth-order valence-electron chi connectivity index (χ4n) is 1.77. The van der Waals surface area contributed by atoms with Crippen molar-refractivity contribution in [3.05, 3.63) is 0 Å². The maximum atomic E-state index is 10.7. The van der Waals surface area contributed by atoms with Gasteiger partial charge >= 0.3 is 137 Å². The van der Waals surface area contributed by atoms with Gasteiger partial charge in [0.15, 0.2) is 0 Å². The van der Waals surface area contributed by atoms with Gasteiger partial charge < -0.3 is 0 Å². The van der Waals surface area contributed by atoms with Crippen LogP contribution in [0.3, 0.4) is 0 Å². The molecule has 114 valence electrons. The van der Waals surface area contributed by atoms with E-state index in [9.17, 15) is 19.2 Å². The molecular formula is C10H15N2NaO8. The van der Waals surface area contributed by atoms with E-state index < -0.39 is 53.3 Å². The second-order valence-corrected chi connectivity index (χ2v) is 5.83. The van der Waals surface area contributed by atoms with Crippen molar-refractivity contribution < 1.29 is 39.6 Å². The van der Waals surface area contributed by atoms with Crippen LogP contribution in [0.2, 0.25) is 0 Å². The molecule has 0 fully saturated rings. The van der Waals surface area contributed by atoms with Gasteiger partial charge in [-0.15, -0.1) is 0 Å². The summed E-state index contributed by atoms with van der Waals surface area (Å²) in [5.74, 6) is -4.85. The summed E-state index contributed by atoms with van der Waals surface area (Å²) in [4.78, 5) is 45.1. The van der Waals surface area contributed by atoms with E-state index in [-0.39, 0.29) is 6.54 Å². The minimum absolute atomic E-state index is 0.0224. The second kappa shape index (κ2) is 9.68. The molecule has 0 aliphatic heterocycles. The Morgan fingerprint density at radius 1 is 0.762 bits per heavy atom. The summed E-state index contributed by atoms with van der Waals surface area (Å²) in [5.41, 5.74) is 0. The number of rotatable bonds is 11. The van der Waals surface area contributed by atoms with Crippen LogP contribution in [0, 0.1) is 0 Å². The first-order chi connectivity index (χ1) is 9.61. The van der Waals surface area contributed by atoms with Crippen LogP contribution in [-0.4, -0.2) is 118 Å². The van der Waals surface area contributed by atoms with Crippen molar-refractivity contribution in [2.24, 2.45) is 0 Å². The van der Waals surface area contributed by atoms with Gasteiger partial charge in [-0.1, -0.05) is 0 Å². The first-order valence-electron chi connectivity index (χ1n) is 5.95. The Morgan fingerprint density at radius 2 is 1.10 bits per heavy atom. The Morgan fingerprint density at radius 3 is 1.38 bits per heavy atom. The van der Waals surface area contributed by atoms with E-state index >= 15 is 0 Å². The summed E-state index contributed by atoms with van der Waals surface area (Å²) in [6.45, 7) is -2.06. The van der Waals surface area contributed by atoms with Crippen molar-refractivity contribution in [2.75, 3.05) is 32.7 Å². The van der Waals surface area contributed by atoms with Gasteiger partial charge in [-0.25, -0.2) is 0 Å². The number of carboxylic acids is 4. The molecule has 0 spiro atoms. The first kappa shape index (κ1) is 19.8. The van der Waals surface area contributed by atoms with Crippen LogP contribution >= 0.6 is 0 Å². The molecule has 0 saturated carbocycles. The third-order valence-electron chi connectivity index (χ3n) is 2.54. The van der Waals surface area contributed by atoms with Crippen molar-refractivity contribution in [3.63, 3.8) is 0 Å². The van der Waals surface area contributed by atoms with Gasteiger partial charge in [0.05, 0.1) is 0 Å². The molecule has 21 heavy (non-hydrogen) atoms. The normalized spacial score (nSPS) is 12.4. The van der Waals surface area contributed by atoms with E-state index in [1.165, 1.54) is 4.90 Å². The number of nitrogens with zero attached hydrogens (tertiary/aromatic N) is 2. The van der Waals surface area contributed by atoms with Gasteiger partial charge in [0.2, 0.25) is 0 Å². The molecule has 0 radical (unpaired) electrons. The first-order valence-corrected chi connectivity index (χ1v) is 7.10. The molecule has 0 amide bonds.